The maximum Gasteiger partial charge on any atom is 0.416 e. The van der Waals surface area contributed by atoms with Gasteiger partial charge in [-0.3, -0.25) is 4.79 Å². The van der Waals surface area contributed by atoms with Gasteiger partial charge >= 0.3 is 12.1 Å². The van der Waals surface area contributed by atoms with Crippen LogP contribution in [0.1, 0.15) is 16.7 Å². The number of carbonyl (C=O) groups excluding carboxylic acids is 2. The van der Waals surface area contributed by atoms with Gasteiger partial charge in [-0.05, 0) is 29.3 Å². The second kappa shape index (κ2) is 7.72. The van der Waals surface area contributed by atoms with Gasteiger partial charge in [0.25, 0.3) is 0 Å². The van der Waals surface area contributed by atoms with Crippen LogP contribution >= 0.6 is 0 Å². The fourth-order valence-corrected chi connectivity index (χ4v) is 2.84. The van der Waals surface area contributed by atoms with Crippen LogP contribution in [0, 0.1) is 0 Å². The normalized spacial score (nSPS) is 13.9. The number of rotatable bonds is 5. The minimum atomic E-state index is -4.51. The van der Waals surface area contributed by atoms with Crippen molar-refractivity contribution in [2.45, 2.75) is 19.0 Å². The summed E-state index contributed by atoms with van der Waals surface area (Å²) in [6, 6.07) is 11.8. The minimum absolute atomic E-state index is 0.0829. The van der Waals surface area contributed by atoms with Gasteiger partial charge < -0.3 is 10.1 Å². The second-order valence-corrected chi connectivity index (χ2v) is 6.27. The van der Waals surface area contributed by atoms with Gasteiger partial charge in [-0.25, -0.2) is 4.79 Å². The maximum atomic E-state index is 13.0. The van der Waals surface area contributed by atoms with Crippen molar-refractivity contribution in [3.63, 3.8) is 0 Å². The summed E-state index contributed by atoms with van der Waals surface area (Å²) in [6.45, 7) is 3.65. The third kappa shape index (κ3) is 4.68. The number of benzene rings is 2. The van der Waals surface area contributed by atoms with Gasteiger partial charge in [-0.15, -0.1) is 0 Å². The highest BCUT2D eigenvalue weighted by atomic mass is 19.4. The number of halogens is 3. The van der Waals surface area contributed by atoms with Crippen molar-refractivity contribution >= 4 is 17.6 Å². The van der Waals surface area contributed by atoms with Gasteiger partial charge in [0.1, 0.15) is 5.76 Å². The van der Waals surface area contributed by atoms with Gasteiger partial charge in [-0.1, -0.05) is 36.9 Å². The maximum absolute atomic E-state index is 13.0. The van der Waals surface area contributed by atoms with E-state index in [-0.39, 0.29) is 12.0 Å². The molecule has 3 rings (SSSR count). The standard InChI is InChI=1S/C21H16F3NO3/c1-13-16(12-20(27)28-13)10-14-6-8-17(9-7-14)25-19(26)11-15-4-2-3-5-18(15)21(22,23)24/h2-9,12H,1,10-11H2,(H,25,26). The number of allylic oxidation sites excluding steroid dienone is 1. The highest BCUT2D eigenvalue weighted by Gasteiger charge is 2.33. The highest BCUT2D eigenvalue weighted by Crippen LogP contribution is 2.32. The van der Waals surface area contributed by atoms with Crippen LogP contribution in [0.3, 0.4) is 0 Å². The molecule has 0 aliphatic carbocycles. The molecule has 2 aromatic carbocycles. The van der Waals surface area contributed by atoms with Crippen LogP contribution in [0.2, 0.25) is 0 Å². The zero-order valence-electron chi connectivity index (χ0n) is 14.7. The highest BCUT2D eigenvalue weighted by molar-refractivity contribution is 5.92. The number of alkyl halides is 3. The average molecular weight is 387 g/mol. The Morgan fingerprint density at radius 1 is 1.07 bits per heavy atom. The van der Waals surface area contributed by atoms with Crippen molar-refractivity contribution in [1.29, 1.82) is 0 Å². The van der Waals surface area contributed by atoms with E-state index in [2.05, 4.69) is 11.9 Å². The van der Waals surface area contributed by atoms with E-state index in [1.165, 1.54) is 24.3 Å². The molecule has 0 radical (unpaired) electrons. The fourth-order valence-electron chi connectivity index (χ4n) is 2.84. The fraction of sp³-hybridized carbons (Fsp3) is 0.143. The van der Waals surface area contributed by atoms with Crippen molar-refractivity contribution < 1.29 is 27.5 Å². The van der Waals surface area contributed by atoms with Gasteiger partial charge in [-0.2, -0.15) is 13.2 Å². The summed E-state index contributed by atoms with van der Waals surface area (Å²) < 4.78 is 43.9. The number of esters is 1. The van der Waals surface area contributed by atoms with Gasteiger partial charge in [0.15, 0.2) is 0 Å². The molecule has 4 nitrogen and oxygen atoms in total. The number of ether oxygens (including phenoxy) is 1. The summed E-state index contributed by atoms with van der Waals surface area (Å²) in [5, 5.41) is 2.59. The molecule has 1 heterocycles. The van der Waals surface area contributed by atoms with E-state index in [1.54, 1.807) is 24.3 Å². The lowest BCUT2D eigenvalue weighted by Gasteiger charge is -2.12. The van der Waals surface area contributed by atoms with Crippen LogP contribution in [-0.2, 0) is 33.3 Å². The molecule has 2 aromatic rings. The van der Waals surface area contributed by atoms with Crippen molar-refractivity contribution in [3.8, 4) is 0 Å². The molecule has 0 unspecified atom stereocenters. The molecule has 0 spiro atoms. The lowest BCUT2D eigenvalue weighted by Crippen LogP contribution is -2.17. The first-order valence-electron chi connectivity index (χ1n) is 8.38. The van der Waals surface area contributed by atoms with E-state index in [0.717, 1.165) is 11.6 Å². The van der Waals surface area contributed by atoms with Crippen LogP contribution in [0.4, 0.5) is 18.9 Å². The van der Waals surface area contributed by atoms with E-state index in [9.17, 15) is 22.8 Å². The Kier molecular flexibility index (Phi) is 5.35. The third-order valence-electron chi connectivity index (χ3n) is 4.18. The molecule has 1 N–H and O–H groups in total. The molecule has 0 aromatic heterocycles. The molecular formula is C21H16F3NO3. The SMILES string of the molecule is C=C1OC(=O)C=C1Cc1ccc(NC(=O)Cc2ccccc2C(F)(F)F)cc1. The molecule has 28 heavy (non-hydrogen) atoms. The molecule has 144 valence electrons. The number of hydrogen-bond donors (Lipinski definition) is 1. The topological polar surface area (TPSA) is 55.4 Å². The molecule has 1 amide bonds. The summed E-state index contributed by atoms with van der Waals surface area (Å²) in [5.41, 5.74) is 1.10. The molecule has 0 saturated heterocycles. The Morgan fingerprint density at radius 3 is 2.36 bits per heavy atom. The molecular weight excluding hydrogens is 371 g/mol. The molecule has 1 aliphatic rings. The second-order valence-electron chi connectivity index (χ2n) is 6.27. The molecule has 1 aliphatic heterocycles. The first-order valence-corrected chi connectivity index (χ1v) is 8.38. The smallest absolute Gasteiger partial charge is 0.416 e. The monoisotopic (exact) mass is 387 g/mol. The first-order chi connectivity index (χ1) is 13.2. The number of carbonyl (C=O) groups is 2. The quantitative estimate of drug-likeness (QED) is 0.773. The Bertz CT molecular complexity index is 960. The zero-order chi connectivity index (χ0) is 20.3. The van der Waals surface area contributed by atoms with Crippen molar-refractivity contribution in [2.24, 2.45) is 0 Å². The average Bonchev–Trinajstić information content (AvgIpc) is 2.93. The van der Waals surface area contributed by atoms with Crippen LogP contribution in [0.15, 0.2) is 72.5 Å². The van der Waals surface area contributed by atoms with Gasteiger partial charge in [0.05, 0.1) is 12.0 Å². The predicted molar refractivity (Wildman–Crippen MR) is 97.2 cm³/mol. The van der Waals surface area contributed by atoms with E-state index in [4.69, 9.17) is 4.74 Å². The predicted octanol–water partition coefficient (Wildman–Crippen LogP) is 4.43. The van der Waals surface area contributed by atoms with E-state index < -0.39 is 23.6 Å². The third-order valence-corrected chi connectivity index (χ3v) is 4.18. The van der Waals surface area contributed by atoms with Crippen LogP contribution in [-0.4, -0.2) is 11.9 Å². The summed E-state index contributed by atoms with van der Waals surface area (Å²) in [4.78, 5) is 23.3. The molecule has 0 bridgehead atoms. The Balaban J connectivity index is 1.63. The summed E-state index contributed by atoms with van der Waals surface area (Å²) in [6.07, 6.45) is -3.08. The molecule has 0 fully saturated rings. The number of nitrogens with one attached hydrogen (secondary N) is 1. The first kappa shape index (κ1) is 19.4. The number of amides is 1. The summed E-state index contributed by atoms with van der Waals surface area (Å²) in [5.74, 6) is -0.691. The van der Waals surface area contributed by atoms with E-state index in [0.29, 0.717) is 23.4 Å². The minimum Gasteiger partial charge on any atom is -0.424 e. The zero-order valence-corrected chi connectivity index (χ0v) is 14.7. The van der Waals surface area contributed by atoms with Crippen LogP contribution in [0.25, 0.3) is 0 Å². The molecule has 0 saturated carbocycles. The number of hydrogen-bond acceptors (Lipinski definition) is 3. The Morgan fingerprint density at radius 2 is 1.75 bits per heavy atom. The van der Waals surface area contributed by atoms with Gasteiger partial charge in [0.2, 0.25) is 5.91 Å². The van der Waals surface area contributed by atoms with E-state index >= 15 is 0 Å². The largest absolute Gasteiger partial charge is 0.424 e. The van der Waals surface area contributed by atoms with E-state index in [1.807, 2.05) is 0 Å². The number of cyclic esters (lactones) is 1. The Hall–Kier alpha value is -3.35. The van der Waals surface area contributed by atoms with Gasteiger partial charge in [0, 0.05) is 23.8 Å². The molecule has 7 heteroatoms. The Labute approximate surface area is 159 Å². The summed E-state index contributed by atoms with van der Waals surface area (Å²) in [7, 11) is 0. The van der Waals surface area contributed by atoms with Crippen molar-refractivity contribution in [2.75, 3.05) is 5.32 Å². The van der Waals surface area contributed by atoms with Crippen molar-refractivity contribution in [3.05, 3.63) is 89.2 Å². The number of anilines is 1. The van der Waals surface area contributed by atoms with Crippen molar-refractivity contribution in [1.82, 2.24) is 0 Å². The lowest BCUT2D eigenvalue weighted by molar-refractivity contribution is -0.138. The molecule has 0 atom stereocenters. The van der Waals surface area contributed by atoms with Crippen LogP contribution in [0.5, 0.6) is 0 Å². The lowest BCUT2D eigenvalue weighted by atomic mass is 10.0. The van der Waals surface area contributed by atoms with Crippen LogP contribution < -0.4 is 5.32 Å². The summed E-state index contributed by atoms with van der Waals surface area (Å²) >= 11 is 0.